The van der Waals surface area contributed by atoms with Gasteiger partial charge in [-0.25, -0.2) is 0 Å². The topological polar surface area (TPSA) is 40.6 Å². The quantitative estimate of drug-likeness (QED) is 0.535. The van der Waals surface area contributed by atoms with E-state index in [0.717, 1.165) is 17.5 Å². The van der Waals surface area contributed by atoms with E-state index in [1.54, 1.807) is 12.2 Å². The predicted molar refractivity (Wildman–Crippen MR) is 137 cm³/mol. The van der Waals surface area contributed by atoms with E-state index in [4.69, 9.17) is 0 Å². The second kappa shape index (κ2) is 11.6. The highest BCUT2D eigenvalue weighted by Gasteiger charge is 2.19. The smallest absolute Gasteiger partial charge is 0.246 e. The highest BCUT2D eigenvalue weighted by molar-refractivity contribution is 5.93. The second-order valence-corrected chi connectivity index (χ2v) is 9.31. The zero-order valence-corrected chi connectivity index (χ0v) is 20.3. The van der Waals surface area contributed by atoms with Gasteiger partial charge >= 0.3 is 0 Å². The summed E-state index contributed by atoms with van der Waals surface area (Å²) in [6.07, 6.45) is 7.80. The van der Waals surface area contributed by atoms with Crippen molar-refractivity contribution in [2.75, 3.05) is 26.2 Å². The van der Waals surface area contributed by atoms with Crippen molar-refractivity contribution in [3.8, 4) is 0 Å². The van der Waals surface area contributed by atoms with Gasteiger partial charge in [0, 0.05) is 38.3 Å². The maximum atomic E-state index is 12.7. The van der Waals surface area contributed by atoms with Crippen molar-refractivity contribution in [1.29, 1.82) is 0 Å². The Morgan fingerprint density at radius 2 is 1.00 bits per heavy atom. The molecule has 0 N–H and O–H groups in total. The fraction of sp³-hybridized carbons (Fsp3) is 0.379. The standard InChI is InChI=1S/C29H36N2O2/c1-22(2)26-12-6-24(7-13-26)10-16-28(32)30-18-5-19-31(21-20-30)29(33)17-11-25-8-14-27(15-9-25)23(3)4/h6-17,22-23H,5,18-21H2,1-4H3/b16-10+,17-11+. The van der Waals surface area contributed by atoms with Crippen molar-refractivity contribution >= 4 is 24.0 Å². The number of carbonyl (C=O) groups is 2. The molecule has 3 rings (SSSR count). The first-order valence-corrected chi connectivity index (χ1v) is 12.0. The van der Waals surface area contributed by atoms with Crippen LogP contribution in [-0.2, 0) is 9.59 Å². The van der Waals surface area contributed by atoms with Crippen LogP contribution in [-0.4, -0.2) is 47.8 Å². The van der Waals surface area contributed by atoms with Gasteiger partial charge in [-0.3, -0.25) is 9.59 Å². The number of nitrogens with zero attached hydrogens (tertiary/aromatic N) is 2. The number of carbonyl (C=O) groups excluding carboxylic acids is 2. The molecule has 33 heavy (non-hydrogen) atoms. The molecule has 4 nitrogen and oxygen atoms in total. The molecule has 1 fully saturated rings. The Balaban J connectivity index is 1.52. The van der Waals surface area contributed by atoms with E-state index in [9.17, 15) is 9.59 Å². The Morgan fingerprint density at radius 1 is 0.636 bits per heavy atom. The average molecular weight is 445 g/mol. The Bertz CT molecular complexity index is 904. The molecule has 2 amide bonds. The molecule has 1 heterocycles. The number of benzene rings is 2. The number of hydrogen-bond acceptors (Lipinski definition) is 2. The van der Waals surface area contributed by atoms with Crippen LogP contribution in [0.25, 0.3) is 12.2 Å². The number of rotatable bonds is 6. The van der Waals surface area contributed by atoms with Crippen molar-refractivity contribution in [2.45, 2.75) is 46.0 Å². The van der Waals surface area contributed by atoms with Crippen LogP contribution in [0.5, 0.6) is 0 Å². The van der Waals surface area contributed by atoms with Crippen LogP contribution in [0.2, 0.25) is 0 Å². The first-order chi connectivity index (χ1) is 15.8. The fourth-order valence-electron chi connectivity index (χ4n) is 3.89. The minimum atomic E-state index is -0.00183. The van der Waals surface area contributed by atoms with E-state index in [0.29, 0.717) is 38.0 Å². The van der Waals surface area contributed by atoms with Gasteiger partial charge in [-0.2, -0.15) is 0 Å². The Hall–Kier alpha value is -3.14. The molecule has 2 aromatic rings. The third kappa shape index (κ3) is 7.18. The third-order valence-electron chi connectivity index (χ3n) is 6.16. The SMILES string of the molecule is CC(C)c1ccc(/C=C/C(=O)N2CCCN(C(=O)/C=C/c3ccc(C(C)C)cc3)CC2)cc1. The maximum absolute atomic E-state index is 12.7. The molecule has 1 saturated heterocycles. The van der Waals surface area contributed by atoms with E-state index in [1.807, 2.05) is 46.2 Å². The lowest BCUT2D eigenvalue weighted by Crippen LogP contribution is -2.36. The van der Waals surface area contributed by atoms with Gasteiger partial charge in [-0.05, 0) is 52.7 Å². The van der Waals surface area contributed by atoms with Crippen molar-refractivity contribution < 1.29 is 9.59 Å². The summed E-state index contributed by atoms with van der Waals surface area (Å²) in [6.45, 7) is 11.1. The second-order valence-electron chi connectivity index (χ2n) is 9.31. The van der Waals surface area contributed by atoms with Crippen LogP contribution in [0.4, 0.5) is 0 Å². The molecule has 0 unspecified atom stereocenters. The summed E-state index contributed by atoms with van der Waals surface area (Å²) in [7, 11) is 0. The summed E-state index contributed by atoms with van der Waals surface area (Å²) in [5.74, 6) is 0.983. The van der Waals surface area contributed by atoms with E-state index < -0.39 is 0 Å². The van der Waals surface area contributed by atoms with Crippen LogP contribution in [0.15, 0.2) is 60.7 Å². The van der Waals surface area contributed by atoms with Gasteiger partial charge < -0.3 is 9.80 Å². The first-order valence-electron chi connectivity index (χ1n) is 12.0. The highest BCUT2D eigenvalue weighted by Crippen LogP contribution is 2.17. The monoisotopic (exact) mass is 444 g/mol. The molecule has 1 aliphatic heterocycles. The lowest BCUT2D eigenvalue weighted by atomic mass is 10.0. The highest BCUT2D eigenvalue weighted by atomic mass is 16.2. The molecule has 0 radical (unpaired) electrons. The molecule has 0 aliphatic carbocycles. The summed E-state index contributed by atoms with van der Waals surface area (Å²) in [5, 5.41) is 0. The molecule has 0 aromatic heterocycles. The Kier molecular flexibility index (Phi) is 8.65. The zero-order valence-electron chi connectivity index (χ0n) is 20.3. The van der Waals surface area contributed by atoms with Crippen molar-refractivity contribution in [2.24, 2.45) is 0 Å². The van der Waals surface area contributed by atoms with Gasteiger partial charge in [0.05, 0.1) is 0 Å². The first kappa shape index (κ1) is 24.5. The lowest BCUT2D eigenvalue weighted by Gasteiger charge is -2.20. The van der Waals surface area contributed by atoms with Gasteiger partial charge in [0.1, 0.15) is 0 Å². The van der Waals surface area contributed by atoms with E-state index >= 15 is 0 Å². The summed E-state index contributed by atoms with van der Waals surface area (Å²) >= 11 is 0. The summed E-state index contributed by atoms with van der Waals surface area (Å²) in [6, 6.07) is 16.6. The molecule has 174 valence electrons. The summed E-state index contributed by atoms with van der Waals surface area (Å²) < 4.78 is 0. The lowest BCUT2D eigenvalue weighted by molar-refractivity contribution is -0.128. The normalized spacial score (nSPS) is 15.1. The molecule has 0 spiro atoms. The van der Waals surface area contributed by atoms with Crippen LogP contribution in [0.1, 0.15) is 68.2 Å². The van der Waals surface area contributed by atoms with Crippen molar-refractivity contribution in [3.05, 3.63) is 82.9 Å². The largest absolute Gasteiger partial charge is 0.337 e. The Labute approximate surface area is 198 Å². The minimum Gasteiger partial charge on any atom is -0.337 e. The van der Waals surface area contributed by atoms with Crippen molar-refractivity contribution in [1.82, 2.24) is 9.80 Å². The summed E-state index contributed by atoms with van der Waals surface area (Å²) in [4.78, 5) is 29.0. The molecule has 4 heteroatoms. The minimum absolute atomic E-state index is 0.00183. The van der Waals surface area contributed by atoms with Crippen molar-refractivity contribution in [3.63, 3.8) is 0 Å². The van der Waals surface area contributed by atoms with E-state index in [2.05, 4.69) is 52.0 Å². The van der Waals surface area contributed by atoms with Crippen LogP contribution >= 0.6 is 0 Å². The average Bonchev–Trinajstić information content (AvgIpc) is 3.08. The van der Waals surface area contributed by atoms with Gasteiger partial charge in [0.25, 0.3) is 0 Å². The molecular weight excluding hydrogens is 408 g/mol. The third-order valence-corrected chi connectivity index (χ3v) is 6.16. The van der Waals surface area contributed by atoms with Crippen LogP contribution < -0.4 is 0 Å². The number of amides is 2. The molecular formula is C29H36N2O2. The van der Waals surface area contributed by atoms with Gasteiger partial charge in [-0.1, -0.05) is 76.2 Å². The van der Waals surface area contributed by atoms with Crippen LogP contribution in [0.3, 0.4) is 0 Å². The number of hydrogen-bond donors (Lipinski definition) is 0. The van der Waals surface area contributed by atoms with Crippen LogP contribution in [0, 0.1) is 0 Å². The molecule has 2 aromatic carbocycles. The Morgan fingerprint density at radius 3 is 1.33 bits per heavy atom. The van der Waals surface area contributed by atoms with Gasteiger partial charge in [0.2, 0.25) is 11.8 Å². The maximum Gasteiger partial charge on any atom is 0.246 e. The zero-order chi connectivity index (χ0) is 23.8. The van der Waals surface area contributed by atoms with Gasteiger partial charge in [-0.15, -0.1) is 0 Å². The molecule has 0 atom stereocenters. The summed E-state index contributed by atoms with van der Waals surface area (Å²) in [5.41, 5.74) is 4.62. The van der Waals surface area contributed by atoms with Gasteiger partial charge in [0.15, 0.2) is 0 Å². The van der Waals surface area contributed by atoms with E-state index in [-0.39, 0.29) is 11.8 Å². The molecule has 0 bridgehead atoms. The van der Waals surface area contributed by atoms with E-state index in [1.165, 1.54) is 11.1 Å². The fourth-order valence-corrected chi connectivity index (χ4v) is 3.89. The molecule has 0 saturated carbocycles. The predicted octanol–water partition coefficient (Wildman–Crippen LogP) is 5.72. The molecule has 1 aliphatic rings.